The highest BCUT2D eigenvalue weighted by molar-refractivity contribution is 5.94. The zero-order valence-corrected chi connectivity index (χ0v) is 12.5. The van der Waals surface area contributed by atoms with E-state index in [0.717, 1.165) is 28.9 Å². The summed E-state index contributed by atoms with van der Waals surface area (Å²) in [6.07, 6.45) is 4.32. The van der Waals surface area contributed by atoms with E-state index in [0.29, 0.717) is 32.0 Å². The van der Waals surface area contributed by atoms with Crippen LogP contribution in [0, 0.1) is 6.92 Å². The number of carbonyl (C=O) groups excluding carboxylic acids is 1. The quantitative estimate of drug-likeness (QED) is 0.717. The molecule has 22 heavy (non-hydrogen) atoms. The van der Waals surface area contributed by atoms with Gasteiger partial charge in [-0.25, -0.2) is 0 Å². The lowest BCUT2D eigenvalue weighted by molar-refractivity contribution is 0.0926. The maximum atomic E-state index is 12.2. The number of hydrogen-bond acceptors (Lipinski definition) is 5. The molecular weight excluding hydrogens is 282 g/mol. The van der Waals surface area contributed by atoms with E-state index in [9.17, 15) is 4.79 Å². The van der Waals surface area contributed by atoms with Crippen LogP contribution in [0.4, 0.5) is 5.69 Å². The fourth-order valence-electron chi connectivity index (χ4n) is 2.43. The number of nitrogens with zero attached hydrogens (tertiary/aromatic N) is 2. The molecule has 1 aliphatic heterocycles. The smallest absolute Gasteiger partial charge is 0.272 e. The van der Waals surface area contributed by atoms with E-state index in [4.69, 9.17) is 4.74 Å². The van der Waals surface area contributed by atoms with Crippen molar-refractivity contribution in [3.63, 3.8) is 0 Å². The van der Waals surface area contributed by atoms with Crippen LogP contribution in [0.25, 0.3) is 0 Å². The number of amides is 1. The highest BCUT2D eigenvalue weighted by Crippen LogP contribution is 2.17. The number of nitrogens with one attached hydrogen (secondary N) is 3. The van der Waals surface area contributed by atoms with Crippen molar-refractivity contribution in [1.29, 1.82) is 0 Å². The molecule has 3 heterocycles. The SMILES string of the molecule is Cc1cnccc1NCCNC(=O)c1n[nH]c2c1COCC2. The molecule has 2 aromatic rings. The molecule has 7 heteroatoms. The maximum absolute atomic E-state index is 12.2. The van der Waals surface area contributed by atoms with E-state index in [1.54, 1.807) is 12.4 Å². The molecule has 0 radical (unpaired) electrons. The first-order valence-electron chi connectivity index (χ1n) is 7.32. The monoisotopic (exact) mass is 301 g/mol. The van der Waals surface area contributed by atoms with Crippen LogP contribution >= 0.6 is 0 Å². The Morgan fingerprint density at radius 1 is 1.45 bits per heavy atom. The third-order valence-corrected chi connectivity index (χ3v) is 3.66. The van der Waals surface area contributed by atoms with Gasteiger partial charge >= 0.3 is 0 Å². The van der Waals surface area contributed by atoms with Gasteiger partial charge in [0.25, 0.3) is 5.91 Å². The summed E-state index contributed by atoms with van der Waals surface area (Å²) < 4.78 is 5.38. The maximum Gasteiger partial charge on any atom is 0.272 e. The lowest BCUT2D eigenvalue weighted by atomic mass is 10.1. The Balaban J connectivity index is 1.51. The molecule has 0 spiro atoms. The number of carbonyl (C=O) groups is 1. The first-order valence-corrected chi connectivity index (χ1v) is 7.32. The summed E-state index contributed by atoms with van der Waals surface area (Å²) in [5, 5.41) is 13.2. The van der Waals surface area contributed by atoms with Crippen molar-refractivity contribution in [1.82, 2.24) is 20.5 Å². The Kier molecular flexibility index (Phi) is 4.34. The number of anilines is 1. The highest BCUT2D eigenvalue weighted by atomic mass is 16.5. The Hall–Kier alpha value is -2.41. The minimum Gasteiger partial charge on any atom is -0.383 e. The minimum absolute atomic E-state index is 0.170. The molecule has 0 saturated heterocycles. The third kappa shape index (κ3) is 3.09. The van der Waals surface area contributed by atoms with Gasteiger partial charge in [-0.2, -0.15) is 5.10 Å². The number of hydrogen-bond donors (Lipinski definition) is 3. The molecular formula is C15H19N5O2. The lowest BCUT2D eigenvalue weighted by Crippen LogP contribution is -2.30. The van der Waals surface area contributed by atoms with Crippen molar-refractivity contribution in [2.24, 2.45) is 0 Å². The number of aromatic amines is 1. The van der Waals surface area contributed by atoms with Crippen LogP contribution in [-0.2, 0) is 17.8 Å². The second-order valence-electron chi connectivity index (χ2n) is 5.21. The number of aromatic nitrogens is 3. The van der Waals surface area contributed by atoms with Gasteiger partial charge in [0, 0.05) is 48.8 Å². The molecule has 1 aliphatic rings. The van der Waals surface area contributed by atoms with E-state index >= 15 is 0 Å². The van der Waals surface area contributed by atoms with Gasteiger partial charge in [-0.3, -0.25) is 14.9 Å². The molecule has 2 aromatic heterocycles. The second-order valence-corrected chi connectivity index (χ2v) is 5.21. The summed E-state index contributed by atoms with van der Waals surface area (Å²) in [7, 11) is 0. The van der Waals surface area contributed by atoms with Gasteiger partial charge in [-0.15, -0.1) is 0 Å². The van der Waals surface area contributed by atoms with Crippen molar-refractivity contribution in [3.05, 3.63) is 41.0 Å². The predicted molar refractivity (Wildman–Crippen MR) is 81.7 cm³/mol. The Bertz CT molecular complexity index is 668. The number of fused-ring (bicyclic) bond motifs is 1. The zero-order chi connectivity index (χ0) is 15.4. The molecule has 7 nitrogen and oxygen atoms in total. The fraction of sp³-hybridized carbons (Fsp3) is 0.400. The van der Waals surface area contributed by atoms with Crippen molar-refractivity contribution in [2.45, 2.75) is 20.0 Å². The van der Waals surface area contributed by atoms with Crippen LogP contribution < -0.4 is 10.6 Å². The molecule has 1 amide bonds. The number of aryl methyl sites for hydroxylation is 1. The molecule has 0 fully saturated rings. The van der Waals surface area contributed by atoms with Gasteiger partial charge in [0.05, 0.1) is 13.2 Å². The van der Waals surface area contributed by atoms with E-state index in [-0.39, 0.29) is 5.91 Å². The van der Waals surface area contributed by atoms with Gasteiger partial charge in [0.1, 0.15) is 0 Å². The Labute approximate surface area is 128 Å². The normalized spacial score (nSPS) is 13.5. The molecule has 0 aliphatic carbocycles. The van der Waals surface area contributed by atoms with E-state index < -0.39 is 0 Å². The van der Waals surface area contributed by atoms with Gasteiger partial charge < -0.3 is 15.4 Å². The molecule has 116 valence electrons. The summed E-state index contributed by atoms with van der Waals surface area (Å²) in [5.41, 5.74) is 4.42. The van der Waals surface area contributed by atoms with Crippen LogP contribution in [0.1, 0.15) is 27.3 Å². The van der Waals surface area contributed by atoms with Gasteiger partial charge in [0.15, 0.2) is 5.69 Å². The third-order valence-electron chi connectivity index (χ3n) is 3.66. The largest absolute Gasteiger partial charge is 0.383 e. The summed E-state index contributed by atoms with van der Waals surface area (Å²) in [6.45, 7) is 4.27. The van der Waals surface area contributed by atoms with E-state index in [1.165, 1.54) is 0 Å². The van der Waals surface area contributed by atoms with Crippen LogP contribution in [0.15, 0.2) is 18.5 Å². The molecule has 3 rings (SSSR count). The molecule has 0 atom stereocenters. The van der Waals surface area contributed by atoms with E-state index in [1.807, 2.05) is 13.0 Å². The number of rotatable bonds is 5. The highest BCUT2D eigenvalue weighted by Gasteiger charge is 2.21. The lowest BCUT2D eigenvalue weighted by Gasteiger charge is -2.12. The Morgan fingerprint density at radius 3 is 3.23 bits per heavy atom. The standard InChI is InChI=1S/C15H19N5O2/c1-10-8-16-4-2-12(10)17-5-6-18-15(21)14-11-9-22-7-3-13(11)19-20-14/h2,4,8H,3,5-7,9H2,1H3,(H,16,17)(H,18,21)(H,19,20). The second kappa shape index (κ2) is 6.57. The van der Waals surface area contributed by atoms with Gasteiger partial charge in [-0.05, 0) is 18.6 Å². The fourth-order valence-corrected chi connectivity index (χ4v) is 2.43. The van der Waals surface area contributed by atoms with E-state index in [2.05, 4.69) is 25.8 Å². The van der Waals surface area contributed by atoms with Gasteiger partial charge in [0.2, 0.25) is 0 Å². The summed E-state index contributed by atoms with van der Waals surface area (Å²) in [4.78, 5) is 16.2. The van der Waals surface area contributed by atoms with Gasteiger partial charge in [-0.1, -0.05) is 0 Å². The van der Waals surface area contributed by atoms with Crippen LogP contribution in [0.5, 0.6) is 0 Å². The molecule has 0 bridgehead atoms. The van der Waals surface area contributed by atoms with Crippen LogP contribution in [-0.4, -0.2) is 40.8 Å². The minimum atomic E-state index is -0.170. The average molecular weight is 301 g/mol. The summed E-state index contributed by atoms with van der Waals surface area (Å²) in [6, 6.07) is 1.92. The van der Waals surface area contributed by atoms with Crippen molar-refractivity contribution in [2.75, 3.05) is 25.0 Å². The van der Waals surface area contributed by atoms with Crippen LogP contribution in [0.3, 0.4) is 0 Å². The Morgan fingerprint density at radius 2 is 2.36 bits per heavy atom. The predicted octanol–water partition coefficient (Wildman–Crippen LogP) is 1.03. The summed E-state index contributed by atoms with van der Waals surface area (Å²) >= 11 is 0. The van der Waals surface area contributed by atoms with Crippen molar-refractivity contribution < 1.29 is 9.53 Å². The van der Waals surface area contributed by atoms with Crippen LogP contribution in [0.2, 0.25) is 0 Å². The number of ether oxygens (including phenoxy) is 1. The molecule has 0 aromatic carbocycles. The first kappa shape index (κ1) is 14.5. The number of pyridine rings is 1. The molecule has 3 N–H and O–H groups in total. The average Bonchev–Trinajstić information content (AvgIpc) is 2.97. The van der Waals surface area contributed by atoms with Crippen molar-refractivity contribution in [3.8, 4) is 0 Å². The first-order chi connectivity index (χ1) is 10.8. The van der Waals surface area contributed by atoms with Crippen molar-refractivity contribution >= 4 is 11.6 Å². The topological polar surface area (TPSA) is 91.9 Å². The number of H-pyrrole nitrogens is 1. The molecule has 0 unspecified atom stereocenters. The summed E-state index contributed by atoms with van der Waals surface area (Å²) in [5.74, 6) is -0.170. The zero-order valence-electron chi connectivity index (χ0n) is 12.5. The molecule has 0 saturated carbocycles.